The number of hydrogen-bond acceptors (Lipinski definition) is 3. The summed E-state index contributed by atoms with van der Waals surface area (Å²) in [5, 5.41) is 10.9. The molecule has 2 fully saturated rings. The lowest BCUT2D eigenvalue weighted by molar-refractivity contribution is 0.0695. The summed E-state index contributed by atoms with van der Waals surface area (Å²) in [5.41, 5.74) is 7.32. The molecule has 0 bridgehead atoms. The SMILES string of the molecule is O=C(O)c1cc(C2CC2)ccc1Cc1ccc2c(ccn2Cc2ccc(N3CCOCC3)cc2)c1. The number of nitrogens with zero attached hydrogens (tertiary/aromatic N) is 2. The van der Waals surface area contributed by atoms with Gasteiger partial charge < -0.3 is 19.3 Å². The summed E-state index contributed by atoms with van der Waals surface area (Å²) in [5.74, 6) is -0.289. The van der Waals surface area contributed by atoms with Gasteiger partial charge in [-0.05, 0) is 89.2 Å². The molecule has 5 heteroatoms. The Kier molecular flexibility index (Phi) is 5.78. The van der Waals surface area contributed by atoms with E-state index in [9.17, 15) is 9.90 Å². The molecule has 0 spiro atoms. The lowest BCUT2D eigenvalue weighted by atomic mass is 9.96. The maximum absolute atomic E-state index is 11.9. The average molecular weight is 467 g/mol. The standard InChI is InChI=1S/C30H30N2O3/c33-30(34)28-19-24(23-4-5-23)6-7-25(28)17-22-3-10-29-26(18-22)11-12-32(29)20-21-1-8-27(9-2-21)31-13-15-35-16-14-31/h1-3,6-12,18-19,23H,4-5,13-17,20H2,(H,33,34). The Labute approximate surface area is 205 Å². The van der Waals surface area contributed by atoms with Gasteiger partial charge in [-0.2, -0.15) is 0 Å². The quantitative estimate of drug-likeness (QED) is 0.380. The van der Waals surface area contributed by atoms with Crippen molar-refractivity contribution in [1.29, 1.82) is 0 Å². The van der Waals surface area contributed by atoms with Gasteiger partial charge in [0.05, 0.1) is 18.8 Å². The summed E-state index contributed by atoms with van der Waals surface area (Å²) in [6.45, 7) is 4.30. The number of aromatic nitrogens is 1. The van der Waals surface area contributed by atoms with E-state index in [2.05, 4.69) is 70.3 Å². The highest BCUT2D eigenvalue weighted by atomic mass is 16.5. The minimum absolute atomic E-state index is 0.438. The second-order valence-electron chi connectivity index (χ2n) is 9.78. The van der Waals surface area contributed by atoms with Crippen molar-refractivity contribution in [1.82, 2.24) is 4.57 Å². The number of morpholine rings is 1. The number of carbonyl (C=O) groups is 1. The number of rotatable bonds is 7. The van der Waals surface area contributed by atoms with Gasteiger partial charge in [-0.25, -0.2) is 4.79 Å². The van der Waals surface area contributed by atoms with Crippen LogP contribution in [-0.2, 0) is 17.7 Å². The van der Waals surface area contributed by atoms with Gasteiger partial charge in [-0.15, -0.1) is 0 Å². The molecule has 178 valence electrons. The summed E-state index contributed by atoms with van der Waals surface area (Å²) in [7, 11) is 0. The first-order valence-corrected chi connectivity index (χ1v) is 12.5. The third-order valence-electron chi connectivity index (χ3n) is 7.31. The molecule has 1 aromatic heterocycles. The zero-order valence-electron chi connectivity index (χ0n) is 19.8. The van der Waals surface area contributed by atoms with Gasteiger partial charge in [0, 0.05) is 37.0 Å². The molecule has 2 heterocycles. The molecule has 3 aromatic carbocycles. The molecule has 0 radical (unpaired) electrons. The Bertz CT molecular complexity index is 1360. The second-order valence-corrected chi connectivity index (χ2v) is 9.78. The monoisotopic (exact) mass is 466 g/mol. The van der Waals surface area contributed by atoms with Crippen LogP contribution < -0.4 is 4.90 Å². The first-order valence-electron chi connectivity index (χ1n) is 12.5. The maximum atomic E-state index is 11.9. The number of hydrogen-bond donors (Lipinski definition) is 1. The van der Waals surface area contributed by atoms with Crippen LogP contribution in [0.25, 0.3) is 10.9 Å². The average Bonchev–Trinajstić information content (AvgIpc) is 3.67. The number of ether oxygens (including phenoxy) is 1. The zero-order chi connectivity index (χ0) is 23.8. The van der Waals surface area contributed by atoms with E-state index in [0.717, 1.165) is 49.5 Å². The van der Waals surface area contributed by atoms with Crippen molar-refractivity contribution in [3.63, 3.8) is 0 Å². The van der Waals surface area contributed by atoms with Gasteiger partial charge in [0.2, 0.25) is 0 Å². The van der Waals surface area contributed by atoms with Gasteiger partial charge in [0.1, 0.15) is 0 Å². The molecule has 1 N–H and O–H groups in total. The Morgan fingerprint density at radius 3 is 2.43 bits per heavy atom. The van der Waals surface area contributed by atoms with Crippen LogP contribution in [-0.4, -0.2) is 41.9 Å². The number of fused-ring (bicyclic) bond motifs is 1. The van der Waals surface area contributed by atoms with Crippen molar-refractivity contribution in [2.45, 2.75) is 31.7 Å². The number of aromatic carboxylic acids is 1. The molecule has 0 atom stereocenters. The van der Waals surface area contributed by atoms with E-state index in [4.69, 9.17) is 4.74 Å². The van der Waals surface area contributed by atoms with Crippen LogP contribution >= 0.6 is 0 Å². The van der Waals surface area contributed by atoms with E-state index in [0.29, 0.717) is 17.9 Å². The van der Waals surface area contributed by atoms with Crippen LogP contribution in [0.2, 0.25) is 0 Å². The molecule has 0 amide bonds. The second kappa shape index (κ2) is 9.23. The summed E-state index contributed by atoms with van der Waals surface area (Å²) >= 11 is 0. The van der Waals surface area contributed by atoms with Gasteiger partial charge in [-0.1, -0.05) is 30.3 Å². The molecule has 1 aliphatic carbocycles. The predicted molar refractivity (Wildman–Crippen MR) is 139 cm³/mol. The number of anilines is 1. The zero-order valence-corrected chi connectivity index (χ0v) is 19.8. The molecule has 0 unspecified atom stereocenters. The molecule has 5 nitrogen and oxygen atoms in total. The third kappa shape index (κ3) is 4.69. The lowest BCUT2D eigenvalue weighted by Gasteiger charge is -2.28. The Balaban J connectivity index is 1.19. The summed E-state index contributed by atoms with van der Waals surface area (Å²) in [6.07, 6.45) is 5.10. The van der Waals surface area contributed by atoms with Crippen LogP contribution in [0.15, 0.2) is 72.9 Å². The number of benzene rings is 3. The number of carboxylic acid groups (broad SMARTS) is 1. The molecule has 4 aromatic rings. The topological polar surface area (TPSA) is 54.7 Å². The minimum Gasteiger partial charge on any atom is -0.478 e. The van der Waals surface area contributed by atoms with Crippen molar-refractivity contribution in [2.75, 3.05) is 31.2 Å². The lowest BCUT2D eigenvalue weighted by Crippen LogP contribution is -2.36. The first kappa shape index (κ1) is 21.9. The minimum atomic E-state index is -0.839. The van der Waals surface area contributed by atoms with Crippen LogP contribution in [0.1, 0.15) is 51.4 Å². The van der Waals surface area contributed by atoms with E-state index in [1.54, 1.807) is 0 Å². The molecule has 1 saturated carbocycles. The van der Waals surface area contributed by atoms with Crippen LogP contribution in [0.3, 0.4) is 0 Å². The Morgan fingerprint density at radius 1 is 0.914 bits per heavy atom. The molecule has 35 heavy (non-hydrogen) atoms. The van der Waals surface area contributed by atoms with Crippen molar-refractivity contribution in [2.24, 2.45) is 0 Å². The number of carboxylic acids is 1. The molecule has 1 aliphatic heterocycles. The van der Waals surface area contributed by atoms with Crippen LogP contribution in [0.5, 0.6) is 0 Å². The highest BCUT2D eigenvalue weighted by molar-refractivity contribution is 5.90. The van der Waals surface area contributed by atoms with E-state index < -0.39 is 5.97 Å². The first-order chi connectivity index (χ1) is 17.1. The third-order valence-corrected chi connectivity index (χ3v) is 7.31. The molecule has 6 rings (SSSR count). The highest BCUT2D eigenvalue weighted by Crippen LogP contribution is 2.40. The van der Waals surface area contributed by atoms with Crippen molar-refractivity contribution < 1.29 is 14.6 Å². The summed E-state index contributed by atoms with van der Waals surface area (Å²) < 4.78 is 7.73. The van der Waals surface area contributed by atoms with E-state index in [1.165, 1.54) is 35.0 Å². The Morgan fingerprint density at radius 2 is 1.69 bits per heavy atom. The summed E-state index contributed by atoms with van der Waals surface area (Å²) in [6, 6.07) is 23.5. The van der Waals surface area contributed by atoms with Crippen molar-refractivity contribution >= 4 is 22.6 Å². The van der Waals surface area contributed by atoms with E-state index in [-0.39, 0.29) is 0 Å². The van der Waals surface area contributed by atoms with Crippen molar-refractivity contribution in [3.05, 3.63) is 101 Å². The van der Waals surface area contributed by atoms with Gasteiger partial charge >= 0.3 is 5.97 Å². The van der Waals surface area contributed by atoms with Gasteiger partial charge in [0.15, 0.2) is 0 Å². The van der Waals surface area contributed by atoms with Crippen LogP contribution in [0, 0.1) is 0 Å². The predicted octanol–water partition coefficient (Wildman–Crippen LogP) is 5.69. The fourth-order valence-corrected chi connectivity index (χ4v) is 5.17. The molecular formula is C30H30N2O3. The summed E-state index contributed by atoms with van der Waals surface area (Å²) in [4.78, 5) is 14.3. The Hall–Kier alpha value is -3.57. The highest BCUT2D eigenvalue weighted by Gasteiger charge is 2.25. The smallest absolute Gasteiger partial charge is 0.335 e. The normalized spacial score (nSPS) is 16.1. The maximum Gasteiger partial charge on any atom is 0.335 e. The van der Waals surface area contributed by atoms with E-state index in [1.807, 2.05) is 12.1 Å². The van der Waals surface area contributed by atoms with Gasteiger partial charge in [-0.3, -0.25) is 0 Å². The molecule has 1 saturated heterocycles. The molecule has 2 aliphatic rings. The van der Waals surface area contributed by atoms with E-state index >= 15 is 0 Å². The fourth-order valence-electron chi connectivity index (χ4n) is 5.17. The molecular weight excluding hydrogens is 436 g/mol. The van der Waals surface area contributed by atoms with Crippen molar-refractivity contribution in [3.8, 4) is 0 Å². The van der Waals surface area contributed by atoms with Gasteiger partial charge in [0.25, 0.3) is 0 Å². The van der Waals surface area contributed by atoms with Crippen LogP contribution in [0.4, 0.5) is 5.69 Å². The largest absolute Gasteiger partial charge is 0.478 e. The fraction of sp³-hybridized carbons (Fsp3) is 0.300.